The number of rotatable bonds is 5. The molecule has 1 saturated carbocycles. The van der Waals surface area contributed by atoms with Crippen LogP contribution in [-0.4, -0.2) is 72.0 Å². The summed E-state index contributed by atoms with van der Waals surface area (Å²) < 4.78 is 10.3. The molecule has 1 saturated heterocycles. The van der Waals surface area contributed by atoms with Crippen LogP contribution in [0.1, 0.15) is 52.9 Å². The monoisotopic (exact) mass is 510 g/mol. The Balaban J connectivity index is 1.54. The smallest absolute Gasteiger partial charge is 0.411 e. The van der Waals surface area contributed by atoms with Crippen LogP contribution in [-0.2, 0) is 9.47 Å². The molecule has 0 unspecified atom stereocenters. The summed E-state index contributed by atoms with van der Waals surface area (Å²) in [5.41, 5.74) is 1.66. The lowest BCUT2D eigenvalue weighted by Gasteiger charge is -2.36. The molecule has 200 valence electrons. The molecular weight excluding hydrogens is 472 g/mol. The van der Waals surface area contributed by atoms with E-state index < -0.39 is 11.7 Å². The van der Waals surface area contributed by atoms with Gasteiger partial charge in [-0.2, -0.15) is 0 Å². The van der Waals surface area contributed by atoms with Crippen molar-refractivity contribution in [3.63, 3.8) is 0 Å². The number of carbonyl (C=O) groups is 2. The summed E-state index contributed by atoms with van der Waals surface area (Å²) in [6.07, 6.45) is 7.01. The zero-order valence-corrected chi connectivity index (χ0v) is 22.2. The molecule has 0 spiro atoms. The summed E-state index contributed by atoms with van der Waals surface area (Å²) in [5, 5.41) is 6.34. The highest BCUT2D eigenvalue weighted by Gasteiger charge is 2.27. The van der Waals surface area contributed by atoms with Gasteiger partial charge in [0.15, 0.2) is 0 Å². The van der Waals surface area contributed by atoms with Crippen molar-refractivity contribution in [1.82, 2.24) is 14.9 Å². The molecular formula is C27H38N6O4. The molecule has 2 aromatic rings. The van der Waals surface area contributed by atoms with Gasteiger partial charge in [-0.3, -0.25) is 5.32 Å². The van der Waals surface area contributed by atoms with Crippen molar-refractivity contribution in [2.45, 2.75) is 64.5 Å². The summed E-state index contributed by atoms with van der Waals surface area (Å²) >= 11 is 0. The zero-order chi connectivity index (χ0) is 26.4. The van der Waals surface area contributed by atoms with E-state index in [2.05, 4.69) is 20.5 Å². The van der Waals surface area contributed by atoms with Gasteiger partial charge >= 0.3 is 12.2 Å². The molecule has 0 radical (unpaired) electrons. The molecule has 0 bridgehead atoms. The summed E-state index contributed by atoms with van der Waals surface area (Å²) in [4.78, 5) is 37.7. The summed E-state index contributed by atoms with van der Waals surface area (Å²) in [5.74, 6) is 1.54. The highest BCUT2D eigenvalue weighted by molar-refractivity contribution is 5.86. The van der Waals surface area contributed by atoms with Crippen LogP contribution in [0, 0.1) is 0 Å². The topological polar surface area (TPSA) is 109 Å². The minimum Gasteiger partial charge on any atom is -0.453 e. The van der Waals surface area contributed by atoms with E-state index >= 15 is 0 Å². The predicted molar refractivity (Wildman–Crippen MR) is 144 cm³/mol. The number of aromatic nitrogens is 2. The third-order valence-corrected chi connectivity index (χ3v) is 6.51. The van der Waals surface area contributed by atoms with Crippen molar-refractivity contribution in [2.24, 2.45) is 0 Å². The predicted octanol–water partition coefficient (Wildman–Crippen LogP) is 5.12. The van der Waals surface area contributed by atoms with Crippen molar-refractivity contribution in [3.05, 3.63) is 30.5 Å². The van der Waals surface area contributed by atoms with Gasteiger partial charge in [0.05, 0.1) is 12.8 Å². The Kier molecular flexibility index (Phi) is 8.35. The quantitative estimate of drug-likeness (QED) is 0.570. The van der Waals surface area contributed by atoms with E-state index in [1.807, 2.05) is 45.0 Å². The molecule has 1 aliphatic carbocycles. The van der Waals surface area contributed by atoms with Crippen LogP contribution in [0.15, 0.2) is 30.5 Å². The van der Waals surface area contributed by atoms with E-state index in [0.29, 0.717) is 49.4 Å². The minimum atomic E-state index is -0.549. The fraction of sp³-hybridized carbons (Fsp3) is 0.556. The van der Waals surface area contributed by atoms with Gasteiger partial charge in [-0.05, 0) is 51.8 Å². The first-order valence-electron chi connectivity index (χ1n) is 13.0. The summed E-state index contributed by atoms with van der Waals surface area (Å²) in [6.45, 7) is 7.82. The third-order valence-electron chi connectivity index (χ3n) is 6.51. The van der Waals surface area contributed by atoms with E-state index in [0.717, 1.165) is 24.2 Å². The Morgan fingerprint density at radius 1 is 1.03 bits per heavy atom. The molecule has 2 aliphatic rings. The Labute approximate surface area is 218 Å². The second kappa shape index (κ2) is 11.7. The number of anilines is 3. The van der Waals surface area contributed by atoms with Gasteiger partial charge in [-0.15, -0.1) is 0 Å². The van der Waals surface area contributed by atoms with E-state index in [1.165, 1.54) is 26.4 Å². The normalized spacial score (nSPS) is 16.8. The maximum atomic E-state index is 12.5. The highest BCUT2D eigenvalue weighted by Crippen LogP contribution is 2.29. The zero-order valence-electron chi connectivity index (χ0n) is 22.2. The first kappa shape index (κ1) is 26.5. The number of carbonyl (C=O) groups excluding carboxylic acids is 2. The average molecular weight is 511 g/mol. The van der Waals surface area contributed by atoms with Crippen LogP contribution in [0.2, 0.25) is 0 Å². The number of nitrogens with one attached hydrogen (secondary N) is 2. The van der Waals surface area contributed by atoms with E-state index in [4.69, 9.17) is 14.5 Å². The second-order valence-corrected chi connectivity index (χ2v) is 10.6. The molecule has 2 fully saturated rings. The summed E-state index contributed by atoms with van der Waals surface area (Å²) in [7, 11) is 1.33. The molecule has 2 amide bonds. The van der Waals surface area contributed by atoms with Gasteiger partial charge in [0.25, 0.3) is 0 Å². The van der Waals surface area contributed by atoms with Crippen LogP contribution in [0.25, 0.3) is 11.3 Å². The molecule has 1 aliphatic heterocycles. The third kappa shape index (κ3) is 7.47. The standard InChI is InChI=1S/C27H38N6O4/c1-27(2,3)37-26(35)33-14-12-32(13-15-33)24-18-21(30-25(34)36-4)17-22(31-24)19-10-11-28-23(16-19)29-20-8-6-5-7-9-20/h10-11,16-18,20H,5-9,12-15H2,1-4H3,(H,28,29)(H,30,31,34). The molecule has 4 rings (SSSR count). The summed E-state index contributed by atoms with van der Waals surface area (Å²) in [6, 6.07) is 8.01. The lowest BCUT2D eigenvalue weighted by atomic mass is 9.95. The van der Waals surface area contributed by atoms with E-state index in [-0.39, 0.29) is 6.09 Å². The Hall–Kier alpha value is -3.56. The van der Waals surface area contributed by atoms with Crippen LogP contribution >= 0.6 is 0 Å². The van der Waals surface area contributed by atoms with E-state index in [9.17, 15) is 9.59 Å². The maximum Gasteiger partial charge on any atom is 0.411 e. The Bertz CT molecular complexity index is 1090. The molecule has 3 heterocycles. The van der Waals surface area contributed by atoms with Gasteiger partial charge in [0.1, 0.15) is 17.2 Å². The lowest BCUT2D eigenvalue weighted by Crippen LogP contribution is -2.50. The fourth-order valence-electron chi connectivity index (χ4n) is 4.64. The number of pyridine rings is 2. The molecule has 2 aromatic heterocycles. The number of hydrogen-bond donors (Lipinski definition) is 2. The molecule has 37 heavy (non-hydrogen) atoms. The number of hydrogen-bond acceptors (Lipinski definition) is 8. The maximum absolute atomic E-state index is 12.5. The fourth-order valence-corrected chi connectivity index (χ4v) is 4.64. The van der Waals surface area contributed by atoms with Crippen molar-refractivity contribution in [2.75, 3.05) is 48.8 Å². The van der Waals surface area contributed by atoms with Crippen molar-refractivity contribution in [3.8, 4) is 11.3 Å². The Morgan fingerprint density at radius 2 is 1.76 bits per heavy atom. The second-order valence-electron chi connectivity index (χ2n) is 10.6. The average Bonchev–Trinajstić information content (AvgIpc) is 2.88. The van der Waals surface area contributed by atoms with Crippen LogP contribution < -0.4 is 15.5 Å². The van der Waals surface area contributed by atoms with Gasteiger partial charge in [0.2, 0.25) is 0 Å². The molecule has 2 N–H and O–H groups in total. The molecule has 0 atom stereocenters. The first-order chi connectivity index (χ1) is 17.7. The van der Waals surface area contributed by atoms with Gasteiger partial charge in [-0.25, -0.2) is 19.6 Å². The number of methoxy groups -OCH3 is 1. The molecule has 10 heteroatoms. The molecule has 0 aromatic carbocycles. The van der Waals surface area contributed by atoms with Gasteiger partial charge in [0, 0.05) is 55.7 Å². The minimum absolute atomic E-state index is 0.309. The highest BCUT2D eigenvalue weighted by atomic mass is 16.6. The van der Waals surface area contributed by atoms with Crippen molar-refractivity contribution < 1.29 is 19.1 Å². The van der Waals surface area contributed by atoms with E-state index in [1.54, 1.807) is 11.1 Å². The number of piperazine rings is 1. The van der Waals surface area contributed by atoms with Crippen LogP contribution in [0.3, 0.4) is 0 Å². The van der Waals surface area contributed by atoms with Crippen LogP contribution in [0.4, 0.5) is 26.9 Å². The van der Waals surface area contributed by atoms with Gasteiger partial charge in [-0.1, -0.05) is 19.3 Å². The first-order valence-corrected chi connectivity index (χ1v) is 13.0. The van der Waals surface area contributed by atoms with Gasteiger partial charge < -0.3 is 24.6 Å². The Morgan fingerprint density at radius 3 is 2.43 bits per heavy atom. The molecule has 10 nitrogen and oxygen atoms in total. The number of amides is 2. The lowest BCUT2D eigenvalue weighted by molar-refractivity contribution is 0.0240. The number of nitrogens with zero attached hydrogens (tertiary/aromatic N) is 4. The largest absolute Gasteiger partial charge is 0.453 e. The van der Waals surface area contributed by atoms with Crippen LogP contribution in [0.5, 0.6) is 0 Å². The van der Waals surface area contributed by atoms with Crippen molar-refractivity contribution >= 4 is 29.5 Å². The SMILES string of the molecule is COC(=O)Nc1cc(-c2ccnc(NC3CCCCC3)c2)nc(N2CCN(C(=O)OC(C)(C)C)CC2)c1. The van der Waals surface area contributed by atoms with Crippen molar-refractivity contribution in [1.29, 1.82) is 0 Å². The number of ether oxygens (including phenoxy) is 2.